The largest absolute Gasteiger partial charge is 0.478 e. The van der Waals surface area contributed by atoms with E-state index in [1.165, 1.54) is 6.07 Å². The van der Waals surface area contributed by atoms with E-state index in [0.717, 1.165) is 0 Å². The number of benzene rings is 1. The number of carboxylic acids is 1. The summed E-state index contributed by atoms with van der Waals surface area (Å²) in [6.45, 7) is -0.271. The number of carbonyl (C=O) groups is 1. The molecule has 0 amide bonds. The van der Waals surface area contributed by atoms with Crippen molar-refractivity contribution in [2.75, 3.05) is 18.5 Å². The fourth-order valence-corrected chi connectivity index (χ4v) is 1.73. The first-order valence-corrected chi connectivity index (χ1v) is 5.77. The number of aliphatic hydroxyl groups is 2. The highest BCUT2D eigenvalue weighted by Gasteiger charge is 2.12. The summed E-state index contributed by atoms with van der Waals surface area (Å²) in [5.74, 6) is -0.687. The first-order chi connectivity index (χ1) is 9.11. The average Bonchev–Trinajstić information content (AvgIpc) is 2.43. The Bertz CT molecular complexity index is 600. The highest BCUT2D eigenvalue weighted by Crippen LogP contribution is 2.20. The van der Waals surface area contributed by atoms with Gasteiger partial charge in [-0.2, -0.15) is 0 Å². The zero-order valence-electron chi connectivity index (χ0n) is 10.1. The topological polar surface area (TPSA) is 103 Å². The second kappa shape index (κ2) is 5.64. The maximum Gasteiger partial charge on any atom is 0.336 e. The Kier molecular flexibility index (Phi) is 3.94. The summed E-state index contributed by atoms with van der Waals surface area (Å²) in [6.07, 6.45) is -0.915. The van der Waals surface area contributed by atoms with Gasteiger partial charge in [0.25, 0.3) is 0 Å². The molecular weight excluding hydrogens is 248 g/mol. The summed E-state index contributed by atoms with van der Waals surface area (Å²) in [4.78, 5) is 15.5. The number of aromatic nitrogens is 1. The fraction of sp³-hybridized carbons (Fsp3) is 0.231. The second-order valence-electron chi connectivity index (χ2n) is 4.09. The lowest BCUT2D eigenvalue weighted by atomic mass is 10.1. The fourth-order valence-electron chi connectivity index (χ4n) is 1.73. The van der Waals surface area contributed by atoms with E-state index in [1.807, 2.05) is 0 Å². The molecule has 0 radical (unpaired) electrons. The molecule has 0 spiro atoms. The van der Waals surface area contributed by atoms with Crippen molar-refractivity contribution in [3.05, 3.63) is 35.9 Å². The van der Waals surface area contributed by atoms with E-state index in [-0.39, 0.29) is 18.7 Å². The van der Waals surface area contributed by atoms with Crippen molar-refractivity contribution in [2.24, 2.45) is 0 Å². The third-order valence-electron chi connectivity index (χ3n) is 2.68. The van der Waals surface area contributed by atoms with Crippen LogP contribution < -0.4 is 5.32 Å². The van der Waals surface area contributed by atoms with Crippen molar-refractivity contribution >= 4 is 22.7 Å². The number of para-hydroxylation sites is 1. The van der Waals surface area contributed by atoms with Gasteiger partial charge in [-0.1, -0.05) is 18.2 Å². The van der Waals surface area contributed by atoms with Crippen LogP contribution in [0.4, 0.5) is 5.82 Å². The van der Waals surface area contributed by atoms with Gasteiger partial charge in [0.05, 0.1) is 23.8 Å². The molecule has 1 aromatic carbocycles. The number of hydrogen-bond donors (Lipinski definition) is 4. The van der Waals surface area contributed by atoms with Crippen molar-refractivity contribution in [1.29, 1.82) is 0 Å². The lowest BCUT2D eigenvalue weighted by molar-refractivity contribution is 0.0699. The van der Waals surface area contributed by atoms with Crippen LogP contribution in [0.2, 0.25) is 0 Å². The maximum atomic E-state index is 11.2. The number of aliphatic hydroxyl groups excluding tert-OH is 2. The van der Waals surface area contributed by atoms with Crippen LogP contribution in [0.15, 0.2) is 30.3 Å². The molecule has 1 unspecified atom stereocenters. The van der Waals surface area contributed by atoms with Crippen LogP contribution in [-0.4, -0.2) is 45.5 Å². The molecule has 1 heterocycles. The Labute approximate surface area is 109 Å². The third kappa shape index (κ3) is 2.98. The Morgan fingerprint density at radius 3 is 2.79 bits per heavy atom. The number of pyridine rings is 1. The molecule has 2 rings (SSSR count). The quantitative estimate of drug-likeness (QED) is 0.632. The summed E-state index contributed by atoms with van der Waals surface area (Å²) in [5, 5.41) is 30.5. The standard InChI is InChI=1S/C13H14N2O4/c16-7-8(17)6-14-12-5-10(13(18)19)9-3-1-2-4-11(9)15-12/h1-5,8,16-17H,6-7H2,(H,14,15)(H,18,19). The van der Waals surface area contributed by atoms with Gasteiger partial charge in [0.1, 0.15) is 5.82 Å². The molecule has 1 aromatic heterocycles. The van der Waals surface area contributed by atoms with E-state index in [1.54, 1.807) is 24.3 Å². The molecule has 0 saturated heterocycles. The van der Waals surface area contributed by atoms with Gasteiger partial charge in [0, 0.05) is 11.9 Å². The number of fused-ring (bicyclic) bond motifs is 1. The zero-order chi connectivity index (χ0) is 13.8. The molecule has 4 N–H and O–H groups in total. The Balaban J connectivity index is 2.38. The van der Waals surface area contributed by atoms with Crippen LogP contribution in [0.5, 0.6) is 0 Å². The third-order valence-corrected chi connectivity index (χ3v) is 2.68. The number of rotatable bonds is 5. The predicted molar refractivity (Wildman–Crippen MR) is 70.3 cm³/mol. The second-order valence-corrected chi connectivity index (χ2v) is 4.09. The van der Waals surface area contributed by atoms with E-state index in [9.17, 15) is 15.0 Å². The SMILES string of the molecule is O=C(O)c1cc(NCC(O)CO)nc2ccccc12. The van der Waals surface area contributed by atoms with Crippen molar-refractivity contribution < 1.29 is 20.1 Å². The van der Waals surface area contributed by atoms with Crippen molar-refractivity contribution in [3.8, 4) is 0 Å². The number of nitrogens with zero attached hydrogens (tertiary/aromatic N) is 1. The maximum absolute atomic E-state index is 11.2. The highest BCUT2D eigenvalue weighted by atomic mass is 16.4. The molecule has 0 bridgehead atoms. The van der Waals surface area contributed by atoms with E-state index in [0.29, 0.717) is 16.7 Å². The zero-order valence-corrected chi connectivity index (χ0v) is 10.1. The lowest BCUT2D eigenvalue weighted by Crippen LogP contribution is -2.23. The molecule has 6 heteroatoms. The van der Waals surface area contributed by atoms with Crippen molar-refractivity contribution in [2.45, 2.75) is 6.10 Å². The molecular formula is C13H14N2O4. The summed E-state index contributed by atoms with van der Waals surface area (Å²) < 4.78 is 0. The molecule has 2 aromatic rings. The molecule has 0 aliphatic carbocycles. The Morgan fingerprint density at radius 1 is 1.37 bits per heavy atom. The highest BCUT2D eigenvalue weighted by molar-refractivity contribution is 6.03. The molecule has 6 nitrogen and oxygen atoms in total. The monoisotopic (exact) mass is 262 g/mol. The van der Waals surface area contributed by atoms with Gasteiger partial charge in [-0.05, 0) is 12.1 Å². The number of nitrogens with one attached hydrogen (secondary N) is 1. The molecule has 19 heavy (non-hydrogen) atoms. The van der Waals surface area contributed by atoms with Crippen LogP contribution in [0.25, 0.3) is 10.9 Å². The number of carboxylic acid groups (broad SMARTS) is 1. The Morgan fingerprint density at radius 2 is 2.11 bits per heavy atom. The van der Waals surface area contributed by atoms with Gasteiger partial charge in [-0.25, -0.2) is 9.78 Å². The minimum Gasteiger partial charge on any atom is -0.478 e. The van der Waals surface area contributed by atoms with Gasteiger partial charge < -0.3 is 20.6 Å². The van der Waals surface area contributed by atoms with Gasteiger partial charge in [-0.15, -0.1) is 0 Å². The van der Waals surface area contributed by atoms with E-state index < -0.39 is 12.1 Å². The van der Waals surface area contributed by atoms with Crippen molar-refractivity contribution in [3.63, 3.8) is 0 Å². The van der Waals surface area contributed by atoms with Crippen LogP contribution in [0.1, 0.15) is 10.4 Å². The first-order valence-electron chi connectivity index (χ1n) is 5.77. The van der Waals surface area contributed by atoms with E-state index in [2.05, 4.69) is 10.3 Å². The lowest BCUT2D eigenvalue weighted by Gasteiger charge is -2.11. The van der Waals surface area contributed by atoms with E-state index >= 15 is 0 Å². The van der Waals surface area contributed by atoms with Crippen LogP contribution in [-0.2, 0) is 0 Å². The summed E-state index contributed by atoms with van der Waals surface area (Å²) in [5.41, 5.74) is 0.704. The molecule has 1 atom stereocenters. The van der Waals surface area contributed by atoms with Gasteiger partial charge in [-0.3, -0.25) is 0 Å². The molecule has 0 saturated carbocycles. The first kappa shape index (κ1) is 13.3. The normalized spacial score (nSPS) is 12.3. The van der Waals surface area contributed by atoms with Gasteiger partial charge >= 0.3 is 5.97 Å². The van der Waals surface area contributed by atoms with Crippen LogP contribution in [0, 0.1) is 0 Å². The molecule has 0 aliphatic rings. The number of anilines is 1. The van der Waals surface area contributed by atoms with E-state index in [4.69, 9.17) is 5.11 Å². The average molecular weight is 262 g/mol. The minimum absolute atomic E-state index is 0.0981. The smallest absolute Gasteiger partial charge is 0.336 e. The summed E-state index contributed by atoms with van der Waals surface area (Å²) in [6, 6.07) is 8.34. The van der Waals surface area contributed by atoms with Crippen LogP contribution >= 0.6 is 0 Å². The molecule has 100 valence electrons. The summed E-state index contributed by atoms with van der Waals surface area (Å²) >= 11 is 0. The van der Waals surface area contributed by atoms with Gasteiger partial charge in [0.2, 0.25) is 0 Å². The van der Waals surface area contributed by atoms with Gasteiger partial charge in [0.15, 0.2) is 0 Å². The number of hydrogen-bond acceptors (Lipinski definition) is 5. The molecule has 0 aliphatic heterocycles. The Hall–Kier alpha value is -2.18. The number of aromatic carboxylic acids is 1. The molecule has 0 fully saturated rings. The van der Waals surface area contributed by atoms with Crippen LogP contribution in [0.3, 0.4) is 0 Å². The van der Waals surface area contributed by atoms with Crippen molar-refractivity contribution in [1.82, 2.24) is 4.98 Å². The minimum atomic E-state index is -1.04. The predicted octanol–water partition coefficient (Wildman–Crippen LogP) is 0.698. The summed E-state index contributed by atoms with van der Waals surface area (Å²) in [7, 11) is 0.